The van der Waals surface area contributed by atoms with Crippen molar-refractivity contribution in [3.63, 3.8) is 0 Å². The second-order valence-corrected chi connectivity index (χ2v) is 7.20. The number of likely N-dealkylation sites (tertiary alicyclic amines) is 1. The van der Waals surface area contributed by atoms with E-state index in [4.69, 9.17) is 9.84 Å². The Balaban J connectivity index is 0.00000392. The number of ether oxygens (including phenoxy) is 1. The van der Waals surface area contributed by atoms with Crippen molar-refractivity contribution in [2.24, 2.45) is 0 Å². The average molecular weight is 414 g/mol. The number of aliphatic carboxylic acids is 1. The molecular weight excluding hydrogens is 382 g/mol. The minimum absolute atomic E-state index is 0. The number of halogens is 1. The van der Waals surface area contributed by atoms with Gasteiger partial charge in [0.15, 0.2) is 0 Å². The molecule has 0 saturated carbocycles. The van der Waals surface area contributed by atoms with Gasteiger partial charge in [-0.3, -0.25) is 19.4 Å². The van der Waals surface area contributed by atoms with Crippen LogP contribution in [0.3, 0.4) is 0 Å². The summed E-state index contributed by atoms with van der Waals surface area (Å²) in [7, 11) is 3.53. The minimum atomic E-state index is -0.798. The summed E-state index contributed by atoms with van der Waals surface area (Å²) in [6, 6.07) is 8.29. The minimum Gasteiger partial charge on any atom is -0.480 e. The van der Waals surface area contributed by atoms with E-state index in [1.54, 1.807) is 7.11 Å². The van der Waals surface area contributed by atoms with Crippen molar-refractivity contribution >= 4 is 24.3 Å². The van der Waals surface area contributed by atoms with Gasteiger partial charge in [0.05, 0.1) is 19.7 Å². The zero-order valence-electron chi connectivity index (χ0n) is 16.7. The molecule has 0 aliphatic carbocycles. The second kappa shape index (κ2) is 12.7. The summed E-state index contributed by atoms with van der Waals surface area (Å²) < 4.78 is 5.09. The van der Waals surface area contributed by atoms with Gasteiger partial charge < -0.3 is 15.2 Å². The molecule has 1 saturated heterocycles. The first-order valence-electron chi connectivity index (χ1n) is 9.45. The molecule has 1 aliphatic rings. The first-order chi connectivity index (χ1) is 13.0. The molecule has 0 spiro atoms. The fourth-order valence-electron chi connectivity index (χ4n) is 3.46. The van der Waals surface area contributed by atoms with Gasteiger partial charge in [0.2, 0.25) is 5.91 Å². The molecule has 1 fully saturated rings. The summed E-state index contributed by atoms with van der Waals surface area (Å²) >= 11 is 0. The van der Waals surface area contributed by atoms with E-state index >= 15 is 0 Å². The first-order valence-corrected chi connectivity index (χ1v) is 9.45. The smallest absolute Gasteiger partial charge is 0.317 e. The van der Waals surface area contributed by atoms with E-state index in [2.05, 4.69) is 10.2 Å². The number of methoxy groups -OCH3 is 1. The van der Waals surface area contributed by atoms with E-state index in [0.29, 0.717) is 19.7 Å². The van der Waals surface area contributed by atoms with Crippen LogP contribution in [0.5, 0.6) is 0 Å². The molecule has 0 bridgehead atoms. The van der Waals surface area contributed by atoms with Crippen molar-refractivity contribution in [3.8, 4) is 0 Å². The van der Waals surface area contributed by atoms with Gasteiger partial charge in [0.25, 0.3) is 0 Å². The maximum atomic E-state index is 12.3. The highest BCUT2D eigenvalue weighted by molar-refractivity contribution is 5.85. The van der Waals surface area contributed by atoms with Gasteiger partial charge in [-0.2, -0.15) is 0 Å². The fraction of sp³-hybridized carbons (Fsp3) is 0.600. The Morgan fingerprint density at radius 2 is 1.89 bits per heavy atom. The van der Waals surface area contributed by atoms with Gasteiger partial charge in [-0.15, -0.1) is 12.4 Å². The van der Waals surface area contributed by atoms with Crippen LogP contribution in [0.4, 0.5) is 0 Å². The van der Waals surface area contributed by atoms with Crippen LogP contribution in [0.15, 0.2) is 24.3 Å². The Labute approximate surface area is 173 Å². The lowest BCUT2D eigenvalue weighted by Crippen LogP contribution is -2.39. The molecule has 0 radical (unpaired) electrons. The zero-order chi connectivity index (χ0) is 19.6. The van der Waals surface area contributed by atoms with Crippen molar-refractivity contribution in [1.29, 1.82) is 0 Å². The van der Waals surface area contributed by atoms with Crippen LogP contribution in [0, 0.1) is 0 Å². The third-order valence-electron chi connectivity index (χ3n) is 4.99. The maximum Gasteiger partial charge on any atom is 0.317 e. The highest BCUT2D eigenvalue weighted by Crippen LogP contribution is 2.15. The molecule has 1 unspecified atom stereocenters. The number of amides is 1. The van der Waals surface area contributed by atoms with E-state index in [1.165, 1.54) is 0 Å². The lowest BCUT2D eigenvalue weighted by atomic mass is 10.1. The van der Waals surface area contributed by atoms with Crippen molar-refractivity contribution in [2.45, 2.75) is 38.5 Å². The molecule has 1 aliphatic heterocycles. The highest BCUT2D eigenvalue weighted by Gasteiger charge is 2.22. The maximum absolute atomic E-state index is 12.3. The first kappa shape index (κ1) is 24.4. The van der Waals surface area contributed by atoms with Crippen LogP contribution in [-0.4, -0.2) is 73.2 Å². The Morgan fingerprint density at radius 3 is 2.54 bits per heavy atom. The highest BCUT2D eigenvalue weighted by atomic mass is 35.5. The zero-order valence-corrected chi connectivity index (χ0v) is 17.5. The van der Waals surface area contributed by atoms with E-state index in [-0.39, 0.29) is 30.9 Å². The summed E-state index contributed by atoms with van der Waals surface area (Å²) in [5.74, 6) is -0.776. The van der Waals surface area contributed by atoms with Crippen LogP contribution in [0.1, 0.15) is 30.4 Å². The van der Waals surface area contributed by atoms with Crippen LogP contribution in [0.2, 0.25) is 0 Å². The van der Waals surface area contributed by atoms with Gasteiger partial charge in [-0.25, -0.2) is 0 Å². The van der Waals surface area contributed by atoms with Crippen LogP contribution >= 0.6 is 12.4 Å². The summed E-state index contributed by atoms with van der Waals surface area (Å²) in [4.78, 5) is 27.2. The molecule has 2 N–H and O–H groups in total. The van der Waals surface area contributed by atoms with Gasteiger partial charge in [0.1, 0.15) is 0 Å². The number of carboxylic acids is 1. The molecule has 7 nitrogen and oxygen atoms in total. The molecule has 28 heavy (non-hydrogen) atoms. The standard InChI is InChI=1S/C20H31N3O4.ClH/c1-22(14-20(25)26)18-4-3-10-23(11-9-18)13-19(24)21-12-16-5-7-17(8-6-16)15-27-2;/h5-8,18H,3-4,9-15H2,1-2H3,(H,21,24)(H,25,26);1H. The molecule has 1 aromatic carbocycles. The van der Waals surface area contributed by atoms with Crippen molar-refractivity contribution in [3.05, 3.63) is 35.4 Å². The summed E-state index contributed by atoms with van der Waals surface area (Å²) in [6.07, 6.45) is 2.83. The van der Waals surface area contributed by atoms with Gasteiger partial charge in [-0.05, 0) is 44.0 Å². The van der Waals surface area contributed by atoms with E-state index in [0.717, 1.165) is 43.5 Å². The quantitative estimate of drug-likeness (QED) is 0.641. The number of rotatable bonds is 9. The lowest BCUT2D eigenvalue weighted by molar-refractivity contribution is -0.138. The SMILES string of the molecule is COCc1ccc(CNC(=O)CN2CCCC(N(C)CC(=O)O)CC2)cc1.Cl. The molecule has 1 atom stereocenters. The topological polar surface area (TPSA) is 82.1 Å². The molecule has 1 heterocycles. The monoisotopic (exact) mass is 413 g/mol. The van der Waals surface area contributed by atoms with Gasteiger partial charge in [-0.1, -0.05) is 24.3 Å². The molecule has 0 aromatic heterocycles. The summed E-state index contributed by atoms with van der Waals surface area (Å²) in [5, 5.41) is 11.9. The number of hydrogen-bond acceptors (Lipinski definition) is 5. The number of carboxylic acid groups (broad SMARTS) is 1. The summed E-state index contributed by atoms with van der Waals surface area (Å²) in [6.45, 7) is 3.24. The van der Waals surface area contributed by atoms with E-state index < -0.39 is 5.97 Å². The number of hydrogen-bond donors (Lipinski definition) is 2. The lowest BCUT2D eigenvalue weighted by Gasteiger charge is -2.25. The Morgan fingerprint density at radius 1 is 1.21 bits per heavy atom. The molecule has 2 rings (SSSR count). The third-order valence-corrected chi connectivity index (χ3v) is 4.99. The summed E-state index contributed by atoms with van der Waals surface area (Å²) in [5.41, 5.74) is 2.17. The number of carbonyl (C=O) groups excluding carboxylic acids is 1. The normalized spacial score (nSPS) is 17.6. The largest absolute Gasteiger partial charge is 0.480 e. The van der Waals surface area contributed by atoms with Crippen molar-refractivity contribution in [2.75, 3.05) is 40.3 Å². The second-order valence-electron chi connectivity index (χ2n) is 7.20. The van der Waals surface area contributed by atoms with Crippen molar-refractivity contribution < 1.29 is 19.4 Å². The van der Waals surface area contributed by atoms with Gasteiger partial charge >= 0.3 is 5.97 Å². The Bertz CT molecular complexity index is 612. The molecule has 8 heteroatoms. The number of nitrogens with one attached hydrogen (secondary N) is 1. The average Bonchev–Trinajstić information content (AvgIpc) is 2.86. The number of benzene rings is 1. The van der Waals surface area contributed by atoms with Crippen LogP contribution in [-0.2, 0) is 27.5 Å². The van der Waals surface area contributed by atoms with Gasteiger partial charge in [0, 0.05) is 26.2 Å². The number of nitrogens with zero attached hydrogens (tertiary/aromatic N) is 2. The predicted molar refractivity (Wildman–Crippen MR) is 111 cm³/mol. The predicted octanol–water partition coefficient (Wildman–Crippen LogP) is 1.74. The molecule has 1 amide bonds. The van der Waals surface area contributed by atoms with E-state index in [9.17, 15) is 9.59 Å². The third kappa shape index (κ3) is 8.56. The molecule has 158 valence electrons. The van der Waals surface area contributed by atoms with Crippen LogP contribution < -0.4 is 5.32 Å². The fourth-order valence-corrected chi connectivity index (χ4v) is 3.46. The Kier molecular flexibility index (Phi) is 11.1. The number of likely N-dealkylation sites (N-methyl/N-ethyl adjacent to an activating group) is 1. The van der Waals surface area contributed by atoms with E-state index in [1.807, 2.05) is 36.2 Å². The molecular formula is C20H32ClN3O4. The number of carbonyl (C=O) groups is 2. The Hall–Kier alpha value is -1.67. The van der Waals surface area contributed by atoms with Crippen LogP contribution in [0.25, 0.3) is 0 Å². The molecule has 1 aromatic rings. The van der Waals surface area contributed by atoms with Crippen molar-refractivity contribution in [1.82, 2.24) is 15.1 Å².